The van der Waals surface area contributed by atoms with Crippen LogP contribution in [-0.4, -0.2) is 34.8 Å². The van der Waals surface area contributed by atoms with Crippen molar-refractivity contribution >= 4 is 11.8 Å². The molecule has 2 rings (SSSR count). The molecule has 0 aromatic carbocycles. The summed E-state index contributed by atoms with van der Waals surface area (Å²) in [6, 6.07) is -0.303. The van der Waals surface area contributed by atoms with Crippen LogP contribution in [0.3, 0.4) is 0 Å². The van der Waals surface area contributed by atoms with E-state index in [-0.39, 0.29) is 17.9 Å². The lowest BCUT2D eigenvalue weighted by Crippen LogP contribution is -2.70. The van der Waals surface area contributed by atoms with E-state index in [9.17, 15) is 9.59 Å². The van der Waals surface area contributed by atoms with Crippen molar-refractivity contribution in [3.8, 4) is 0 Å². The fourth-order valence-electron chi connectivity index (χ4n) is 3.89. The molecule has 1 unspecified atom stereocenters. The summed E-state index contributed by atoms with van der Waals surface area (Å²) in [5.74, 6) is 0.758. The molecule has 0 aromatic heterocycles. The summed E-state index contributed by atoms with van der Waals surface area (Å²) in [4.78, 5) is 27.6. The molecule has 2 amide bonds. The van der Waals surface area contributed by atoms with E-state index in [1.165, 1.54) is 0 Å². The third kappa shape index (κ3) is 2.95. The summed E-state index contributed by atoms with van der Waals surface area (Å²) in [7, 11) is 0. The lowest BCUT2D eigenvalue weighted by atomic mass is 9.86. The van der Waals surface area contributed by atoms with E-state index in [0.717, 1.165) is 57.9 Å². The van der Waals surface area contributed by atoms with Crippen molar-refractivity contribution in [2.75, 3.05) is 6.54 Å². The molecule has 2 aliphatic rings. The van der Waals surface area contributed by atoms with Gasteiger partial charge in [0.25, 0.3) is 0 Å². The van der Waals surface area contributed by atoms with Gasteiger partial charge in [0.05, 0.1) is 0 Å². The van der Waals surface area contributed by atoms with Crippen molar-refractivity contribution in [1.82, 2.24) is 10.2 Å². The van der Waals surface area contributed by atoms with E-state index in [1.54, 1.807) is 0 Å². The number of carbonyl (C=O) groups excluding carboxylic acids is 2. The highest BCUT2D eigenvalue weighted by Crippen LogP contribution is 2.39. The van der Waals surface area contributed by atoms with E-state index in [2.05, 4.69) is 26.1 Å². The third-order valence-electron chi connectivity index (χ3n) is 5.41. The zero-order valence-corrected chi connectivity index (χ0v) is 13.8. The Bertz CT molecular complexity index is 384. The summed E-state index contributed by atoms with van der Waals surface area (Å²) < 4.78 is 0. The first-order valence-electron chi connectivity index (χ1n) is 8.71. The monoisotopic (exact) mass is 294 g/mol. The Hall–Kier alpha value is -1.06. The summed E-state index contributed by atoms with van der Waals surface area (Å²) in [5, 5.41) is 3.01. The average Bonchev–Trinajstić information content (AvgIpc) is 2.96. The van der Waals surface area contributed by atoms with Gasteiger partial charge in [-0.1, -0.05) is 52.9 Å². The van der Waals surface area contributed by atoms with Crippen LogP contribution in [0.15, 0.2) is 0 Å². The fraction of sp³-hybridized carbons (Fsp3) is 0.882. The van der Waals surface area contributed by atoms with Gasteiger partial charge in [-0.3, -0.25) is 9.59 Å². The number of piperazine rings is 1. The summed E-state index contributed by atoms with van der Waals surface area (Å²) in [6.45, 7) is 7.16. The van der Waals surface area contributed by atoms with Crippen molar-refractivity contribution in [2.45, 2.75) is 83.7 Å². The topological polar surface area (TPSA) is 49.4 Å². The molecular weight excluding hydrogens is 264 g/mol. The second kappa shape index (κ2) is 6.80. The Morgan fingerprint density at radius 1 is 1.19 bits per heavy atom. The standard InChI is InChI=1S/C17H30N2O2/c1-4-9-14-15(20)19(12-13(5-2)6-3)17(16(21)18-14)10-7-8-11-17/h13-14H,4-12H2,1-3H3,(H,18,21). The van der Waals surface area contributed by atoms with E-state index >= 15 is 0 Å². The average molecular weight is 294 g/mol. The van der Waals surface area contributed by atoms with Crippen molar-refractivity contribution in [2.24, 2.45) is 5.92 Å². The van der Waals surface area contributed by atoms with Crippen LogP contribution < -0.4 is 5.32 Å². The molecule has 1 N–H and O–H groups in total. The maximum absolute atomic E-state index is 12.9. The smallest absolute Gasteiger partial charge is 0.246 e. The van der Waals surface area contributed by atoms with Crippen LogP contribution in [0.2, 0.25) is 0 Å². The number of hydrogen-bond donors (Lipinski definition) is 1. The van der Waals surface area contributed by atoms with E-state index in [1.807, 2.05) is 4.90 Å². The normalized spacial score (nSPS) is 25.0. The summed E-state index contributed by atoms with van der Waals surface area (Å²) >= 11 is 0. The van der Waals surface area contributed by atoms with Gasteiger partial charge < -0.3 is 10.2 Å². The van der Waals surface area contributed by atoms with Gasteiger partial charge in [0.15, 0.2) is 0 Å². The van der Waals surface area contributed by atoms with E-state index in [4.69, 9.17) is 0 Å². The van der Waals surface area contributed by atoms with Crippen molar-refractivity contribution in [3.05, 3.63) is 0 Å². The molecule has 0 bridgehead atoms. The Morgan fingerprint density at radius 2 is 1.81 bits per heavy atom. The van der Waals surface area contributed by atoms with Gasteiger partial charge in [0.1, 0.15) is 11.6 Å². The van der Waals surface area contributed by atoms with E-state index in [0.29, 0.717) is 5.92 Å². The molecule has 1 heterocycles. The molecule has 1 saturated carbocycles. The first-order valence-corrected chi connectivity index (χ1v) is 8.71. The second-order valence-electron chi connectivity index (χ2n) is 6.68. The highest BCUT2D eigenvalue weighted by atomic mass is 16.2. The molecule has 21 heavy (non-hydrogen) atoms. The van der Waals surface area contributed by atoms with Crippen molar-refractivity contribution in [3.63, 3.8) is 0 Å². The van der Waals surface area contributed by atoms with Crippen LogP contribution in [0, 0.1) is 5.92 Å². The van der Waals surface area contributed by atoms with Crippen LogP contribution >= 0.6 is 0 Å². The lowest BCUT2D eigenvalue weighted by molar-refractivity contribution is -0.158. The van der Waals surface area contributed by atoms with Crippen molar-refractivity contribution in [1.29, 1.82) is 0 Å². The van der Waals surface area contributed by atoms with Crippen molar-refractivity contribution < 1.29 is 9.59 Å². The largest absolute Gasteiger partial charge is 0.342 e. The minimum Gasteiger partial charge on any atom is -0.342 e. The number of nitrogens with zero attached hydrogens (tertiary/aromatic N) is 1. The van der Waals surface area contributed by atoms with E-state index < -0.39 is 5.54 Å². The minimum atomic E-state index is -0.538. The molecule has 4 nitrogen and oxygen atoms in total. The Labute approximate surface area is 128 Å². The molecule has 1 spiro atoms. The van der Waals surface area contributed by atoms with Crippen LogP contribution in [-0.2, 0) is 9.59 Å². The minimum absolute atomic E-state index is 0.101. The maximum atomic E-state index is 12.9. The quantitative estimate of drug-likeness (QED) is 0.819. The molecule has 4 heteroatoms. The first-order chi connectivity index (χ1) is 10.1. The second-order valence-corrected chi connectivity index (χ2v) is 6.68. The van der Waals surface area contributed by atoms with Gasteiger partial charge in [-0.2, -0.15) is 0 Å². The molecule has 2 fully saturated rings. The number of nitrogens with one attached hydrogen (secondary N) is 1. The highest BCUT2D eigenvalue weighted by Gasteiger charge is 2.53. The molecule has 120 valence electrons. The van der Waals surface area contributed by atoms with Crippen LogP contribution in [0.5, 0.6) is 0 Å². The highest BCUT2D eigenvalue weighted by molar-refractivity contribution is 6.00. The predicted molar refractivity (Wildman–Crippen MR) is 83.8 cm³/mol. The number of hydrogen-bond acceptors (Lipinski definition) is 2. The van der Waals surface area contributed by atoms with Gasteiger partial charge in [-0.25, -0.2) is 0 Å². The van der Waals surface area contributed by atoms with Gasteiger partial charge in [0, 0.05) is 6.54 Å². The molecule has 1 atom stereocenters. The zero-order chi connectivity index (χ0) is 15.5. The number of carbonyl (C=O) groups is 2. The summed E-state index contributed by atoms with van der Waals surface area (Å²) in [5.41, 5.74) is -0.538. The first kappa shape index (κ1) is 16.3. The summed E-state index contributed by atoms with van der Waals surface area (Å²) in [6.07, 6.45) is 7.58. The Balaban J connectivity index is 2.26. The SMILES string of the molecule is CCCC1NC(=O)C2(CCCC2)N(CC(CC)CC)C1=O. The van der Waals surface area contributed by atoms with Gasteiger partial charge in [0.2, 0.25) is 11.8 Å². The molecule has 1 aliphatic carbocycles. The van der Waals surface area contributed by atoms with Gasteiger partial charge in [-0.15, -0.1) is 0 Å². The Kier molecular flexibility index (Phi) is 5.28. The molecule has 0 aromatic rings. The maximum Gasteiger partial charge on any atom is 0.246 e. The number of rotatable bonds is 6. The molecule has 1 aliphatic heterocycles. The fourth-order valence-corrected chi connectivity index (χ4v) is 3.89. The molecule has 1 saturated heterocycles. The van der Waals surface area contributed by atoms with Crippen LogP contribution in [0.1, 0.15) is 72.1 Å². The van der Waals surface area contributed by atoms with Gasteiger partial charge >= 0.3 is 0 Å². The van der Waals surface area contributed by atoms with Gasteiger partial charge in [-0.05, 0) is 25.2 Å². The predicted octanol–water partition coefficient (Wildman–Crippen LogP) is 2.86. The van der Waals surface area contributed by atoms with Crippen LogP contribution in [0.25, 0.3) is 0 Å². The van der Waals surface area contributed by atoms with Crippen LogP contribution in [0.4, 0.5) is 0 Å². The zero-order valence-electron chi connectivity index (χ0n) is 13.8. The molecule has 0 radical (unpaired) electrons. The molecular formula is C17H30N2O2. The lowest BCUT2D eigenvalue weighted by Gasteiger charge is -2.47. The number of amides is 2. The Morgan fingerprint density at radius 3 is 2.33 bits per heavy atom. The third-order valence-corrected chi connectivity index (χ3v) is 5.41.